The second-order valence-electron chi connectivity index (χ2n) is 4.84. The van der Waals surface area contributed by atoms with Gasteiger partial charge in [-0.2, -0.15) is 0 Å². The number of benzene rings is 1. The van der Waals surface area contributed by atoms with E-state index in [0.29, 0.717) is 27.4 Å². The lowest BCUT2D eigenvalue weighted by molar-refractivity contribution is 0.0962. The molecule has 0 radical (unpaired) electrons. The number of hydrogen-bond acceptors (Lipinski definition) is 6. The minimum atomic E-state index is -0.302. The molecular formula is C14H17BrN6O. The average Bonchev–Trinajstić information content (AvgIpc) is 2.48. The molecule has 0 saturated carbocycles. The van der Waals surface area contributed by atoms with Crippen molar-refractivity contribution in [2.45, 2.75) is 19.9 Å². The highest BCUT2D eigenvalue weighted by Crippen LogP contribution is 2.22. The van der Waals surface area contributed by atoms with Crippen molar-refractivity contribution in [2.75, 3.05) is 16.5 Å². The molecule has 0 unspecified atom stereocenters. The Morgan fingerprint density at radius 2 is 1.91 bits per heavy atom. The number of carbonyl (C=O) groups is 1. The minimum absolute atomic E-state index is 0.180. The molecular weight excluding hydrogens is 348 g/mol. The summed E-state index contributed by atoms with van der Waals surface area (Å²) >= 11 is 3.33. The number of hydrazine groups is 1. The number of rotatable bonds is 5. The van der Waals surface area contributed by atoms with Gasteiger partial charge in [0, 0.05) is 10.5 Å². The van der Waals surface area contributed by atoms with E-state index in [-0.39, 0.29) is 11.9 Å². The summed E-state index contributed by atoms with van der Waals surface area (Å²) in [6.45, 7) is 3.95. The summed E-state index contributed by atoms with van der Waals surface area (Å²) in [4.78, 5) is 20.2. The Morgan fingerprint density at radius 1 is 1.23 bits per heavy atom. The zero-order valence-corrected chi connectivity index (χ0v) is 13.8. The third-order valence-electron chi connectivity index (χ3n) is 2.72. The number of aromatic nitrogens is 2. The molecule has 1 amide bonds. The predicted molar refractivity (Wildman–Crippen MR) is 90.4 cm³/mol. The molecule has 0 atom stereocenters. The Labute approximate surface area is 136 Å². The van der Waals surface area contributed by atoms with Crippen LogP contribution in [0.5, 0.6) is 0 Å². The van der Waals surface area contributed by atoms with E-state index in [0.717, 1.165) is 0 Å². The summed E-state index contributed by atoms with van der Waals surface area (Å²) in [6, 6.07) is 7.29. The van der Waals surface area contributed by atoms with Crippen molar-refractivity contribution < 1.29 is 4.79 Å². The maximum atomic E-state index is 12.1. The minimum Gasteiger partial charge on any atom is -0.393 e. The highest BCUT2D eigenvalue weighted by molar-refractivity contribution is 9.10. The summed E-state index contributed by atoms with van der Waals surface area (Å²) in [5.74, 6) is 0.546. The summed E-state index contributed by atoms with van der Waals surface area (Å²) in [5, 5.41) is 3.11. The number of nitrogen functional groups attached to an aromatic ring is 1. The third-order valence-corrected chi connectivity index (χ3v) is 3.41. The Morgan fingerprint density at radius 3 is 2.59 bits per heavy atom. The van der Waals surface area contributed by atoms with Crippen LogP contribution >= 0.6 is 15.9 Å². The molecule has 1 aromatic carbocycles. The van der Waals surface area contributed by atoms with Gasteiger partial charge in [0.1, 0.15) is 12.0 Å². The van der Waals surface area contributed by atoms with Gasteiger partial charge >= 0.3 is 0 Å². The molecule has 0 spiro atoms. The summed E-state index contributed by atoms with van der Waals surface area (Å²) < 4.78 is 0.701. The lowest BCUT2D eigenvalue weighted by atomic mass is 10.2. The van der Waals surface area contributed by atoms with Crippen LogP contribution in [0.25, 0.3) is 0 Å². The van der Waals surface area contributed by atoms with Crippen LogP contribution in [0, 0.1) is 0 Å². The Kier molecular flexibility index (Phi) is 5.16. The summed E-state index contributed by atoms with van der Waals surface area (Å²) in [7, 11) is 0. The normalized spacial score (nSPS) is 10.4. The van der Waals surface area contributed by atoms with Crippen LogP contribution < -0.4 is 21.9 Å². The van der Waals surface area contributed by atoms with Crippen LogP contribution in [-0.4, -0.2) is 21.9 Å². The standard InChI is InChI=1S/C14H17BrN6O/c1-8(2)19-12-11(16)13(18-7-17-12)20-21-14(22)9-5-3-4-6-10(9)15/h3-8H,16H2,1-2H3,(H,21,22)(H2,17,18,19,20). The fourth-order valence-corrected chi connectivity index (χ4v) is 2.18. The van der Waals surface area contributed by atoms with Gasteiger partial charge in [0.15, 0.2) is 11.6 Å². The van der Waals surface area contributed by atoms with Crippen LogP contribution in [-0.2, 0) is 0 Å². The predicted octanol–water partition coefficient (Wildman–Crippen LogP) is 2.40. The quantitative estimate of drug-likeness (QED) is 0.607. The number of halogens is 1. The van der Waals surface area contributed by atoms with Crippen molar-refractivity contribution in [1.29, 1.82) is 0 Å². The van der Waals surface area contributed by atoms with Gasteiger partial charge in [-0.25, -0.2) is 9.97 Å². The number of hydrogen-bond donors (Lipinski definition) is 4. The second kappa shape index (κ2) is 7.08. The molecule has 0 aliphatic carbocycles. The van der Waals surface area contributed by atoms with Gasteiger partial charge in [-0.3, -0.25) is 15.6 Å². The number of nitrogens with one attached hydrogen (secondary N) is 3. The molecule has 0 aliphatic heterocycles. The average molecular weight is 365 g/mol. The lowest BCUT2D eigenvalue weighted by Crippen LogP contribution is -2.30. The number of carbonyl (C=O) groups excluding carboxylic acids is 1. The van der Waals surface area contributed by atoms with E-state index in [4.69, 9.17) is 5.73 Å². The first-order chi connectivity index (χ1) is 10.5. The van der Waals surface area contributed by atoms with Gasteiger partial charge in [0.25, 0.3) is 5.91 Å². The summed E-state index contributed by atoms with van der Waals surface area (Å²) in [5.41, 5.74) is 12.1. The zero-order chi connectivity index (χ0) is 16.1. The van der Waals surface area contributed by atoms with E-state index in [1.54, 1.807) is 18.2 Å². The molecule has 0 bridgehead atoms. The maximum Gasteiger partial charge on any atom is 0.270 e. The molecule has 0 aliphatic rings. The lowest BCUT2D eigenvalue weighted by Gasteiger charge is -2.14. The number of nitrogens with zero attached hydrogens (tertiary/aromatic N) is 2. The van der Waals surface area contributed by atoms with Crippen LogP contribution in [0.1, 0.15) is 24.2 Å². The molecule has 7 nitrogen and oxygen atoms in total. The highest BCUT2D eigenvalue weighted by Gasteiger charge is 2.12. The fraction of sp³-hybridized carbons (Fsp3) is 0.214. The number of anilines is 3. The molecule has 2 rings (SSSR count). The number of nitrogens with two attached hydrogens (primary N) is 1. The van der Waals surface area contributed by atoms with E-state index < -0.39 is 0 Å². The zero-order valence-electron chi connectivity index (χ0n) is 12.2. The molecule has 22 heavy (non-hydrogen) atoms. The monoisotopic (exact) mass is 364 g/mol. The molecule has 0 fully saturated rings. The van der Waals surface area contributed by atoms with E-state index in [1.165, 1.54) is 6.33 Å². The summed E-state index contributed by atoms with van der Waals surface area (Å²) in [6.07, 6.45) is 1.37. The van der Waals surface area contributed by atoms with Crippen LogP contribution in [0.4, 0.5) is 17.3 Å². The molecule has 2 aromatic rings. The fourth-order valence-electron chi connectivity index (χ4n) is 1.71. The van der Waals surface area contributed by atoms with E-state index in [2.05, 4.69) is 42.1 Å². The Bertz CT molecular complexity index is 676. The topological polar surface area (TPSA) is 105 Å². The first kappa shape index (κ1) is 16.0. The molecule has 8 heteroatoms. The third kappa shape index (κ3) is 3.85. The largest absolute Gasteiger partial charge is 0.393 e. The second-order valence-corrected chi connectivity index (χ2v) is 5.70. The van der Waals surface area contributed by atoms with E-state index >= 15 is 0 Å². The van der Waals surface area contributed by atoms with Crippen molar-refractivity contribution in [3.05, 3.63) is 40.6 Å². The number of amides is 1. The van der Waals surface area contributed by atoms with Gasteiger partial charge in [0.2, 0.25) is 0 Å². The first-order valence-corrected chi connectivity index (χ1v) is 7.46. The van der Waals surface area contributed by atoms with Crippen molar-refractivity contribution in [3.8, 4) is 0 Å². The first-order valence-electron chi connectivity index (χ1n) is 6.67. The van der Waals surface area contributed by atoms with Crippen LogP contribution in [0.15, 0.2) is 35.1 Å². The maximum absolute atomic E-state index is 12.1. The Balaban J connectivity index is 2.09. The molecule has 0 saturated heterocycles. The van der Waals surface area contributed by atoms with Gasteiger partial charge in [-0.05, 0) is 41.9 Å². The van der Waals surface area contributed by atoms with Gasteiger partial charge in [-0.1, -0.05) is 12.1 Å². The van der Waals surface area contributed by atoms with Crippen LogP contribution in [0.3, 0.4) is 0 Å². The van der Waals surface area contributed by atoms with E-state index in [9.17, 15) is 4.79 Å². The highest BCUT2D eigenvalue weighted by atomic mass is 79.9. The Hall–Kier alpha value is -2.35. The van der Waals surface area contributed by atoms with Gasteiger partial charge in [0.05, 0.1) is 5.56 Å². The van der Waals surface area contributed by atoms with Crippen molar-refractivity contribution in [3.63, 3.8) is 0 Å². The van der Waals surface area contributed by atoms with Crippen molar-refractivity contribution in [1.82, 2.24) is 15.4 Å². The van der Waals surface area contributed by atoms with Gasteiger partial charge < -0.3 is 11.1 Å². The van der Waals surface area contributed by atoms with Crippen LogP contribution in [0.2, 0.25) is 0 Å². The molecule has 1 aromatic heterocycles. The molecule has 1 heterocycles. The van der Waals surface area contributed by atoms with E-state index in [1.807, 2.05) is 19.9 Å². The van der Waals surface area contributed by atoms with Gasteiger partial charge in [-0.15, -0.1) is 0 Å². The molecule has 116 valence electrons. The van der Waals surface area contributed by atoms with Crippen molar-refractivity contribution in [2.24, 2.45) is 0 Å². The SMILES string of the molecule is CC(C)Nc1ncnc(NNC(=O)c2ccccc2Br)c1N. The van der Waals surface area contributed by atoms with Crippen molar-refractivity contribution >= 4 is 39.2 Å². The molecule has 5 N–H and O–H groups in total. The smallest absolute Gasteiger partial charge is 0.270 e.